The second kappa shape index (κ2) is 9.36. The van der Waals surface area contributed by atoms with Crippen LogP contribution in [0.15, 0.2) is 40.7 Å². The second-order valence-electron chi connectivity index (χ2n) is 6.37. The Morgan fingerprint density at radius 2 is 1.93 bits per heavy atom. The van der Waals surface area contributed by atoms with Gasteiger partial charge in [-0.2, -0.15) is 0 Å². The van der Waals surface area contributed by atoms with E-state index < -0.39 is 0 Å². The molecule has 2 heterocycles. The number of rotatable bonds is 5. The number of nitrogens with one attached hydrogen (secondary N) is 2. The molecule has 1 aromatic heterocycles. The number of hydrogen-bond acceptors (Lipinski definition) is 5. The molecule has 1 saturated heterocycles. The Morgan fingerprint density at radius 3 is 2.56 bits per heavy atom. The number of aromatic nitrogens is 1. The number of carbonyl (C=O) groups is 1. The molecular formula is C19H26N6OS. The summed E-state index contributed by atoms with van der Waals surface area (Å²) in [7, 11) is 1.70. The number of anilines is 1. The first-order valence-corrected chi connectivity index (χ1v) is 9.97. The summed E-state index contributed by atoms with van der Waals surface area (Å²) < 4.78 is 0. The van der Waals surface area contributed by atoms with Crippen molar-refractivity contribution in [3.05, 3.63) is 46.4 Å². The monoisotopic (exact) mass is 386 g/mol. The standard InChI is InChI=1S/C19H26N6OS/c1-15-14-27-17(23-15)12-21-19(20-2)22-13-18(26)25-10-8-24(9-11-25)16-6-4-3-5-7-16/h3-7,14H,8-13H2,1-2H3,(H2,20,21,22). The molecule has 1 amide bonds. The van der Waals surface area contributed by atoms with Gasteiger partial charge in [0.25, 0.3) is 0 Å². The number of piperazine rings is 1. The van der Waals surface area contributed by atoms with Crippen LogP contribution in [-0.4, -0.2) is 61.5 Å². The van der Waals surface area contributed by atoms with Crippen LogP contribution < -0.4 is 15.5 Å². The van der Waals surface area contributed by atoms with Crippen molar-refractivity contribution in [3.63, 3.8) is 0 Å². The lowest BCUT2D eigenvalue weighted by Crippen LogP contribution is -2.52. The Kier molecular flexibility index (Phi) is 6.64. The van der Waals surface area contributed by atoms with Crippen LogP contribution in [0.25, 0.3) is 0 Å². The summed E-state index contributed by atoms with van der Waals surface area (Å²) in [6.45, 7) is 5.99. The van der Waals surface area contributed by atoms with Gasteiger partial charge in [0.15, 0.2) is 5.96 Å². The van der Waals surface area contributed by atoms with Gasteiger partial charge in [-0.25, -0.2) is 4.98 Å². The van der Waals surface area contributed by atoms with Gasteiger partial charge in [0, 0.05) is 50.0 Å². The Hall–Kier alpha value is -2.61. The fourth-order valence-corrected chi connectivity index (χ4v) is 3.70. The minimum Gasteiger partial charge on any atom is -0.368 e. The Labute approximate surface area is 164 Å². The third-order valence-corrected chi connectivity index (χ3v) is 5.42. The van der Waals surface area contributed by atoms with Crippen LogP contribution in [0.4, 0.5) is 5.69 Å². The number of carbonyl (C=O) groups excluding carboxylic acids is 1. The van der Waals surface area contributed by atoms with Crippen molar-refractivity contribution in [2.24, 2.45) is 4.99 Å². The topological polar surface area (TPSA) is 72.9 Å². The van der Waals surface area contributed by atoms with Gasteiger partial charge in [-0.1, -0.05) is 18.2 Å². The molecule has 1 aromatic carbocycles. The molecule has 2 N–H and O–H groups in total. The van der Waals surface area contributed by atoms with E-state index in [0.29, 0.717) is 12.5 Å². The highest BCUT2D eigenvalue weighted by Gasteiger charge is 2.21. The molecule has 0 spiro atoms. The fourth-order valence-electron chi connectivity index (χ4n) is 2.99. The van der Waals surface area contributed by atoms with Crippen molar-refractivity contribution >= 4 is 28.9 Å². The minimum atomic E-state index is 0.0933. The van der Waals surface area contributed by atoms with Crippen LogP contribution in [-0.2, 0) is 11.3 Å². The molecule has 1 fully saturated rings. The van der Waals surface area contributed by atoms with Crippen molar-refractivity contribution in [1.82, 2.24) is 20.5 Å². The van der Waals surface area contributed by atoms with Gasteiger partial charge < -0.3 is 20.4 Å². The lowest BCUT2D eigenvalue weighted by Gasteiger charge is -2.36. The molecule has 3 rings (SSSR count). The van der Waals surface area contributed by atoms with E-state index in [1.54, 1.807) is 18.4 Å². The van der Waals surface area contributed by atoms with E-state index in [1.165, 1.54) is 5.69 Å². The molecule has 0 unspecified atom stereocenters. The summed E-state index contributed by atoms with van der Waals surface area (Å²) >= 11 is 1.61. The van der Waals surface area contributed by atoms with Gasteiger partial charge >= 0.3 is 0 Å². The molecular weight excluding hydrogens is 360 g/mol. The van der Waals surface area contributed by atoms with Crippen LogP contribution in [0.2, 0.25) is 0 Å². The van der Waals surface area contributed by atoms with Crippen LogP contribution >= 0.6 is 11.3 Å². The number of aliphatic imine (C=N–C) groups is 1. The maximum atomic E-state index is 12.5. The van der Waals surface area contributed by atoms with E-state index in [0.717, 1.165) is 36.9 Å². The molecule has 7 nitrogen and oxygen atoms in total. The van der Waals surface area contributed by atoms with Gasteiger partial charge in [0.1, 0.15) is 5.01 Å². The van der Waals surface area contributed by atoms with Crippen molar-refractivity contribution in [2.75, 3.05) is 44.7 Å². The molecule has 0 atom stereocenters. The van der Waals surface area contributed by atoms with E-state index in [-0.39, 0.29) is 12.5 Å². The van der Waals surface area contributed by atoms with Gasteiger partial charge in [0.2, 0.25) is 5.91 Å². The molecule has 1 aliphatic rings. The summed E-state index contributed by atoms with van der Waals surface area (Å²) in [4.78, 5) is 25.3. The Bertz CT molecular complexity index is 768. The molecule has 0 aliphatic carbocycles. The van der Waals surface area contributed by atoms with E-state index in [4.69, 9.17) is 0 Å². The normalized spacial score (nSPS) is 15.0. The smallest absolute Gasteiger partial charge is 0.242 e. The molecule has 0 saturated carbocycles. The highest BCUT2D eigenvalue weighted by atomic mass is 32.1. The number of thiazole rings is 1. The molecule has 2 aromatic rings. The summed E-state index contributed by atoms with van der Waals surface area (Å²) in [6.07, 6.45) is 0. The van der Waals surface area contributed by atoms with Crippen LogP contribution in [0.5, 0.6) is 0 Å². The lowest BCUT2D eigenvalue weighted by atomic mass is 10.2. The predicted molar refractivity (Wildman–Crippen MR) is 110 cm³/mol. The molecule has 0 radical (unpaired) electrons. The number of nitrogens with zero attached hydrogens (tertiary/aromatic N) is 4. The van der Waals surface area contributed by atoms with Gasteiger partial charge in [-0.15, -0.1) is 11.3 Å². The summed E-state index contributed by atoms with van der Waals surface area (Å²) in [6, 6.07) is 10.3. The number of para-hydroxylation sites is 1. The molecule has 1 aliphatic heterocycles. The zero-order valence-corrected chi connectivity index (χ0v) is 16.6. The number of benzene rings is 1. The summed E-state index contributed by atoms with van der Waals surface area (Å²) in [5.41, 5.74) is 2.23. The third kappa shape index (κ3) is 5.43. The Morgan fingerprint density at radius 1 is 1.19 bits per heavy atom. The first-order chi connectivity index (χ1) is 13.2. The highest BCUT2D eigenvalue weighted by molar-refractivity contribution is 7.09. The van der Waals surface area contributed by atoms with Gasteiger partial charge in [-0.05, 0) is 19.1 Å². The van der Waals surface area contributed by atoms with Crippen LogP contribution in [0.3, 0.4) is 0 Å². The number of guanidine groups is 1. The fraction of sp³-hybridized carbons (Fsp3) is 0.421. The predicted octanol–water partition coefficient (Wildman–Crippen LogP) is 1.47. The number of aryl methyl sites for hydroxylation is 1. The van der Waals surface area contributed by atoms with Crippen molar-refractivity contribution in [2.45, 2.75) is 13.5 Å². The summed E-state index contributed by atoms with van der Waals surface area (Å²) in [5, 5.41) is 9.31. The zero-order valence-electron chi connectivity index (χ0n) is 15.8. The van der Waals surface area contributed by atoms with E-state index in [9.17, 15) is 4.79 Å². The third-order valence-electron chi connectivity index (χ3n) is 4.46. The van der Waals surface area contributed by atoms with Crippen molar-refractivity contribution < 1.29 is 4.79 Å². The average Bonchev–Trinajstić information content (AvgIpc) is 3.14. The SMILES string of the molecule is CN=C(NCC(=O)N1CCN(c2ccccc2)CC1)NCc1nc(C)cs1. The lowest BCUT2D eigenvalue weighted by molar-refractivity contribution is -0.130. The quantitative estimate of drug-likeness (QED) is 0.601. The van der Waals surface area contributed by atoms with E-state index >= 15 is 0 Å². The first kappa shape index (κ1) is 19.2. The molecule has 144 valence electrons. The molecule has 8 heteroatoms. The van der Waals surface area contributed by atoms with Gasteiger partial charge in [-0.3, -0.25) is 9.79 Å². The second-order valence-corrected chi connectivity index (χ2v) is 7.31. The van der Waals surface area contributed by atoms with Gasteiger partial charge in [0.05, 0.1) is 13.1 Å². The zero-order chi connectivity index (χ0) is 19.1. The highest BCUT2D eigenvalue weighted by Crippen LogP contribution is 2.15. The van der Waals surface area contributed by atoms with Crippen LogP contribution in [0.1, 0.15) is 10.7 Å². The maximum Gasteiger partial charge on any atom is 0.242 e. The maximum absolute atomic E-state index is 12.5. The summed E-state index contributed by atoms with van der Waals surface area (Å²) in [5.74, 6) is 0.704. The number of amides is 1. The van der Waals surface area contributed by atoms with E-state index in [1.807, 2.05) is 35.4 Å². The van der Waals surface area contributed by atoms with E-state index in [2.05, 4.69) is 37.6 Å². The molecule has 0 bridgehead atoms. The van der Waals surface area contributed by atoms with Crippen LogP contribution in [0, 0.1) is 6.92 Å². The first-order valence-electron chi connectivity index (χ1n) is 9.09. The largest absolute Gasteiger partial charge is 0.368 e. The number of hydrogen-bond donors (Lipinski definition) is 2. The minimum absolute atomic E-state index is 0.0933. The molecule has 27 heavy (non-hydrogen) atoms. The van der Waals surface area contributed by atoms with Crippen molar-refractivity contribution in [1.29, 1.82) is 0 Å². The van der Waals surface area contributed by atoms with Crippen molar-refractivity contribution in [3.8, 4) is 0 Å². The average molecular weight is 387 g/mol. The Balaban J connectivity index is 1.41.